The van der Waals surface area contributed by atoms with Crippen LogP contribution in [-0.4, -0.2) is 5.91 Å². The first-order valence-electron chi connectivity index (χ1n) is 6.60. The number of nitrogens with one attached hydrogen (secondary N) is 1. The van der Waals surface area contributed by atoms with E-state index in [0.29, 0.717) is 5.92 Å². The molecule has 0 spiro atoms. The van der Waals surface area contributed by atoms with Gasteiger partial charge in [0.05, 0.1) is 0 Å². The van der Waals surface area contributed by atoms with Crippen molar-refractivity contribution in [3.63, 3.8) is 0 Å². The number of hydrogen-bond acceptors (Lipinski definition) is 1. The monoisotopic (exact) mass is 229 g/mol. The molecule has 2 heteroatoms. The summed E-state index contributed by atoms with van der Waals surface area (Å²) in [5, 5.41) is 3.10. The molecule has 2 bridgehead atoms. The van der Waals surface area contributed by atoms with Crippen molar-refractivity contribution < 1.29 is 4.79 Å². The number of amides is 1. The zero-order chi connectivity index (χ0) is 11.8. The Kier molecular flexibility index (Phi) is 2.65. The Balaban J connectivity index is 1.70. The maximum absolute atomic E-state index is 12.2. The van der Waals surface area contributed by atoms with E-state index in [4.69, 9.17) is 0 Å². The zero-order valence-corrected chi connectivity index (χ0v) is 10.3. The van der Waals surface area contributed by atoms with Crippen molar-refractivity contribution >= 4 is 11.6 Å². The fourth-order valence-corrected chi connectivity index (χ4v) is 3.50. The van der Waals surface area contributed by atoms with E-state index in [9.17, 15) is 4.79 Å². The van der Waals surface area contributed by atoms with Gasteiger partial charge in [-0.15, -0.1) is 0 Å². The highest BCUT2D eigenvalue weighted by Gasteiger charge is 2.42. The van der Waals surface area contributed by atoms with Crippen LogP contribution in [0.25, 0.3) is 0 Å². The highest BCUT2D eigenvalue weighted by molar-refractivity contribution is 5.93. The number of fused-ring (bicyclic) bond motifs is 2. The molecule has 1 aromatic rings. The summed E-state index contributed by atoms with van der Waals surface area (Å²) >= 11 is 0. The molecule has 1 amide bonds. The van der Waals surface area contributed by atoms with Crippen LogP contribution in [0, 0.1) is 24.7 Å². The molecule has 0 radical (unpaired) electrons. The Morgan fingerprint density at radius 1 is 1.24 bits per heavy atom. The van der Waals surface area contributed by atoms with Gasteiger partial charge < -0.3 is 5.32 Å². The average molecular weight is 229 g/mol. The van der Waals surface area contributed by atoms with E-state index in [1.54, 1.807) is 0 Å². The summed E-state index contributed by atoms with van der Waals surface area (Å²) < 4.78 is 0. The van der Waals surface area contributed by atoms with E-state index in [0.717, 1.165) is 23.6 Å². The summed E-state index contributed by atoms with van der Waals surface area (Å²) in [4.78, 5) is 12.2. The summed E-state index contributed by atoms with van der Waals surface area (Å²) in [5.41, 5.74) is 2.12. The second-order valence-corrected chi connectivity index (χ2v) is 5.59. The first kappa shape index (κ1) is 10.8. The molecule has 1 aromatic carbocycles. The van der Waals surface area contributed by atoms with Gasteiger partial charge in [-0.3, -0.25) is 4.79 Å². The number of benzene rings is 1. The topological polar surface area (TPSA) is 29.1 Å². The third kappa shape index (κ3) is 1.97. The minimum Gasteiger partial charge on any atom is -0.326 e. The standard InChI is InChI=1S/C15H19NO/c1-10-4-2-3-5-14(10)16-15(17)13-9-11-6-7-12(13)8-11/h2-5,11-13H,6-9H2,1H3,(H,16,17)/t11-,12-,13+/m0/s1. The molecule has 1 N–H and O–H groups in total. The fraction of sp³-hybridized carbons (Fsp3) is 0.533. The van der Waals surface area contributed by atoms with E-state index in [1.807, 2.05) is 31.2 Å². The first-order chi connectivity index (χ1) is 8.24. The molecule has 3 atom stereocenters. The van der Waals surface area contributed by atoms with Gasteiger partial charge in [0.1, 0.15) is 0 Å². The SMILES string of the molecule is Cc1ccccc1NC(=O)[C@@H]1C[C@H]2CC[C@H]1C2. The normalized spacial score (nSPS) is 30.5. The largest absolute Gasteiger partial charge is 0.326 e. The van der Waals surface area contributed by atoms with Crippen LogP contribution < -0.4 is 5.32 Å². The Bertz CT molecular complexity index is 440. The summed E-state index contributed by atoms with van der Waals surface area (Å²) in [5.74, 6) is 2.00. The van der Waals surface area contributed by atoms with Gasteiger partial charge in [0.15, 0.2) is 0 Å². The van der Waals surface area contributed by atoms with Gasteiger partial charge in [-0.05, 0) is 49.7 Å². The first-order valence-corrected chi connectivity index (χ1v) is 6.60. The van der Waals surface area contributed by atoms with E-state index in [2.05, 4.69) is 5.32 Å². The van der Waals surface area contributed by atoms with Crippen molar-refractivity contribution in [2.45, 2.75) is 32.6 Å². The lowest BCUT2D eigenvalue weighted by Gasteiger charge is -2.21. The van der Waals surface area contributed by atoms with Crippen LogP contribution in [0.5, 0.6) is 0 Å². The number of anilines is 1. The van der Waals surface area contributed by atoms with Gasteiger partial charge in [-0.25, -0.2) is 0 Å². The summed E-state index contributed by atoms with van der Waals surface area (Å²) in [7, 11) is 0. The second kappa shape index (κ2) is 4.17. The molecule has 17 heavy (non-hydrogen) atoms. The van der Waals surface area contributed by atoms with Crippen molar-refractivity contribution in [3.8, 4) is 0 Å². The van der Waals surface area contributed by atoms with Crippen molar-refractivity contribution in [2.75, 3.05) is 5.32 Å². The number of rotatable bonds is 2. The lowest BCUT2D eigenvalue weighted by molar-refractivity contribution is -0.121. The molecule has 0 saturated heterocycles. The van der Waals surface area contributed by atoms with E-state index < -0.39 is 0 Å². The number of hydrogen-bond donors (Lipinski definition) is 1. The number of aryl methyl sites for hydroxylation is 1. The molecular formula is C15H19NO. The predicted molar refractivity (Wildman–Crippen MR) is 68.7 cm³/mol. The Hall–Kier alpha value is -1.31. The highest BCUT2D eigenvalue weighted by Crippen LogP contribution is 2.48. The molecule has 2 saturated carbocycles. The quantitative estimate of drug-likeness (QED) is 0.827. The summed E-state index contributed by atoms with van der Waals surface area (Å²) in [6, 6.07) is 8.00. The summed E-state index contributed by atoms with van der Waals surface area (Å²) in [6.45, 7) is 2.04. The van der Waals surface area contributed by atoms with E-state index in [-0.39, 0.29) is 11.8 Å². The Morgan fingerprint density at radius 2 is 2.06 bits per heavy atom. The smallest absolute Gasteiger partial charge is 0.227 e. The third-order valence-corrected chi connectivity index (χ3v) is 4.48. The number of para-hydroxylation sites is 1. The van der Waals surface area contributed by atoms with Crippen molar-refractivity contribution in [1.29, 1.82) is 0 Å². The van der Waals surface area contributed by atoms with E-state index in [1.165, 1.54) is 19.3 Å². The molecule has 2 fully saturated rings. The highest BCUT2D eigenvalue weighted by atomic mass is 16.1. The zero-order valence-electron chi connectivity index (χ0n) is 10.3. The van der Waals surface area contributed by atoms with E-state index >= 15 is 0 Å². The van der Waals surface area contributed by atoms with Gasteiger partial charge in [-0.1, -0.05) is 24.6 Å². The van der Waals surface area contributed by atoms with Crippen LogP contribution in [0.4, 0.5) is 5.69 Å². The second-order valence-electron chi connectivity index (χ2n) is 5.59. The number of carbonyl (C=O) groups is 1. The van der Waals surface area contributed by atoms with Crippen LogP contribution in [-0.2, 0) is 4.79 Å². The molecule has 3 rings (SSSR count). The molecule has 2 aliphatic carbocycles. The molecular weight excluding hydrogens is 210 g/mol. The van der Waals surface area contributed by atoms with Crippen LogP contribution in [0.2, 0.25) is 0 Å². The van der Waals surface area contributed by atoms with Gasteiger partial charge in [0.2, 0.25) is 5.91 Å². The Morgan fingerprint density at radius 3 is 2.71 bits per heavy atom. The molecule has 0 aliphatic heterocycles. The molecule has 2 nitrogen and oxygen atoms in total. The molecule has 2 aliphatic rings. The van der Waals surface area contributed by atoms with Crippen LogP contribution in [0.1, 0.15) is 31.2 Å². The molecule has 0 unspecified atom stereocenters. The van der Waals surface area contributed by atoms with Gasteiger partial charge >= 0.3 is 0 Å². The lowest BCUT2D eigenvalue weighted by Crippen LogP contribution is -2.27. The maximum Gasteiger partial charge on any atom is 0.227 e. The van der Waals surface area contributed by atoms with Crippen LogP contribution in [0.3, 0.4) is 0 Å². The predicted octanol–water partition coefficient (Wildman–Crippen LogP) is 3.37. The van der Waals surface area contributed by atoms with Gasteiger partial charge in [0, 0.05) is 11.6 Å². The third-order valence-electron chi connectivity index (χ3n) is 4.48. The minimum atomic E-state index is 0.242. The van der Waals surface area contributed by atoms with Crippen molar-refractivity contribution in [1.82, 2.24) is 0 Å². The molecule has 90 valence electrons. The molecule has 0 aromatic heterocycles. The molecule has 0 heterocycles. The lowest BCUT2D eigenvalue weighted by atomic mass is 9.88. The van der Waals surface area contributed by atoms with Crippen LogP contribution >= 0.6 is 0 Å². The summed E-state index contributed by atoms with van der Waals surface area (Å²) in [6.07, 6.45) is 5.00. The Labute approximate surface area is 102 Å². The van der Waals surface area contributed by atoms with Crippen molar-refractivity contribution in [3.05, 3.63) is 29.8 Å². The van der Waals surface area contributed by atoms with Gasteiger partial charge in [0.25, 0.3) is 0 Å². The minimum absolute atomic E-state index is 0.242. The van der Waals surface area contributed by atoms with Crippen LogP contribution in [0.15, 0.2) is 24.3 Å². The van der Waals surface area contributed by atoms with Crippen molar-refractivity contribution in [2.24, 2.45) is 17.8 Å². The number of carbonyl (C=O) groups excluding carboxylic acids is 1. The van der Waals surface area contributed by atoms with Gasteiger partial charge in [-0.2, -0.15) is 0 Å². The maximum atomic E-state index is 12.2. The fourth-order valence-electron chi connectivity index (χ4n) is 3.50. The average Bonchev–Trinajstić information content (AvgIpc) is 2.94.